The highest BCUT2D eigenvalue weighted by Crippen LogP contribution is 2.35. The van der Waals surface area contributed by atoms with Gasteiger partial charge in [0.15, 0.2) is 0 Å². The molecule has 0 unspecified atom stereocenters. The van der Waals surface area contributed by atoms with Crippen molar-refractivity contribution in [2.45, 2.75) is 40.3 Å². The fourth-order valence-corrected chi connectivity index (χ4v) is 5.71. The van der Waals surface area contributed by atoms with E-state index in [0.717, 1.165) is 16.8 Å². The van der Waals surface area contributed by atoms with Crippen molar-refractivity contribution in [2.75, 3.05) is 33.9 Å². The first-order valence-electron chi connectivity index (χ1n) is 16.1. The maximum absolute atomic E-state index is 14.3. The number of nitrogens with zero attached hydrogens (tertiary/aromatic N) is 5. The molecule has 2 aromatic carbocycles. The van der Waals surface area contributed by atoms with Crippen molar-refractivity contribution >= 4 is 11.6 Å². The Labute approximate surface area is 280 Å². The quantitative estimate of drug-likeness (QED) is 0.136. The molecule has 0 saturated carbocycles. The van der Waals surface area contributed by atoms with Gasteiger partial charge in [-0.25, -0.2) is 4.79 Å². The molecule has 0 amide bonds. The lowest BCUT2D eigenvalue weighted by Crippen LogP contribution is -2.30. The number of pyridine rings is 1. The molecule has 0 aliphatic carbocycles. The molecule has 0 atom stereocenters. The van der Waals surface area contributed by atoms with Crippen molar-refractivity contribution in [3.05, 3.63) is 118 Å². The number of para-hydroxylation sites is 1. The zero-order chi connectivity index (χ0) is 34.2. The van der Waals surface area contributed by atoms with Crippen LogP contribution >= 0.6 is 0 Å². The number of fused-ring (bicyclic) bond motifs is 1. The molecule has 0 aliphatic rings. The molecular weight excluding hydrogens is 606 g/mol. The molecule has 0 N–H and O–H groups in total. The molecule has 0 saturated heterocycles. The highest BCUT2D eigenvalue weighted by molar-refractivity contribution is 5.90. The number of carbonyl (C=O) groups excluding carboxylic acids is 1. The number of hydrogen-bond acceptors (Lipinski definition) is 8. The lowest BCUT2D eigenvalue weighted by Gasteiger charge is -2.19. The van der Waals surface area contributed by atoms with Crippen molar-refractivity contribution < 1.29 is 19.0 Å². The number of rotatable bonds is 14. The highest BCUT2D eigenvalue weighted by atomic mass is 16.5. The van der Waals surface area contributed by atoms with E-state index in [1.807, 2.05) is 73.8 Å². The van der Waals surface area contributed by atoms with E-state index in [0.29, 0.717) is 66.0 Å². The van der Waals surface area contributed by atoms with Crippen LogP contribution in [-0.2, 0) is 24.2 Å². The summed E-state index contributed by atoms with van der Waals surface area (Å²) in [7, 11) is 3.55. The van der Waals surface area contributed by atoms with E-state index in [9.17, 15) is 14.9 Å². The third-order valence-electron chi connectivity index (χ3n) is 8.00. The minimum absolute atomic E-state index is 0.109. The van der Waals surface area contributed by atoms with Gasteiger partial charge in [-0.1, -0.05) is 50.2 Å². The van der Waals surface area contributed by atoms with E-state index < -0.39 is 11.5 Å². The smallest absolute Gasteiger partial charge is 0.345 e. The van der Waals surface area contributed by atoms with Gasteiger partial charge in [-0.2, -0.15) is 5.26 Å². The summed E-state index contributed by atoms with van der Waals surface area (Å²) >= 11 is 0. The largest absolute Gasteiger partial charge is 0.496 e. The summed E-state index contributed by atoms with van der Waals surface area (Å²) in [4.78, 5) is 34.1. The highest BCUT2D eigenvalue weighted by Gasteiger charge is 2.28. The Kier molecular flexibility index (Phi) is 10.9. The van der Waals surface area contributed by atoms with Crippen molar-refractivity contribution in [3.8, 4) is 28.7 Å². The summed E-state index contributed by atoms with van der Waals surface area (Å²) in [5.74, 6) is 0.989. The van der Waals surface area contributed by atoms with Gasteiger partial charge in [-0.05, 0) is 55.8 Å². The van der Waals surface area contributed by atoms with E-state index in [-0.39, 0.29) is 18.7 Å². The molecule has 0 spiro atoms. The number of benzene rings is 2. The molecule has 3 aromatic heterocycles. The summed E-state index contributed by atoms with van der Waals surface area (Å²) < 4.78 is 20.2. The van der Waals surface area contributed by atoms with Gasteiger partial charge in [0.05, 0.1) is 32.6 Å². The molecule has 5 rings (SSSR count). The minimum Gasteiger partial charge on any atom is -0.496 e. The van der Waals surface area contributed by atoms with Gasteiger partial charge < -0.3 is 23.7 Å². The average Bonchev–Trinajstić information content (AvgIpc) is 3.42. The number of hydrogen-bond donors (Lipinski definition) is 0. The number of aromatic nitrogens is 3. The van der Waals surface area contributed by atoms with Gasteiger partial charge in [0.2, 0.25) is 0 Å². The molecule has 0 aliphatic heterocycles. The molecule has 0 radical (unpaired) electrons. The fraction of sp³-hybridized carbons (Fsp3) is 0.316. The maximum atomic E-state index is 14.3. The van der Waals surface area contributed by atoms with E-state index in [2.05, 4.69) is 29.8 Å². The number of methoxy groups -OCH3 is 1. The summed E-state index contributed by atoms with van der Waals surface area (Å²) in [6.07, 6.45) is 3.95. The van der Waals surface area contributed by atoms with Crippen molar-refractivity contribution in [3.63, 3.8) is 0 Å². The van der Waals surface area contributed by atoms with Crippen LogP contribution < -0.4 is 15.0 Å². The Morgan fingerprint density at radius 1 is 1.06 bits per heavy atom. The summed E-state index contributed by atoms with van der Waals surface area (Å²) in [5.41, 5.74) is 3.74. The van der Waals surface area contributed by atoms with E-state index >= 15 is 0 Å². The van der Waals surface area contributed by atoms with Crippen molar-refractivity contribution in [1.82, 2.24) is 18.9 Å². The van der Waals surface area contributed by atoms with Crippen LogP contribution in [0.2, 0.25) is 0 Å². The second-order valence-corrected chi connectivity index (χ2v) is 12.0. The van der Waals surface area contributed by atoms with Crippen molar-refractivity contribution in [1.29, 1.82) is 5.26 Å². The normalized spacial score (nSPS) is 11.2. The van der Waals surface area contributed by atoms with Crippen LogP contribution in [0.1, 0.15) is 53.6 Å². The predicted molar refractivity (Wildman–Crippen MR) is 184 cm³/mol. The van der Waals surface area contributed by atoms with Gasteiger partial charge in [-0.15, -0.1) is 0 Å². The molecule has 0 bridgehead atoms. The standard InChI is InChI=1S/C38H41N5O5/c1-6-47-38(45)32-23-42(22-28-11-7-8-13-34(28)46-5)36-31(21-39)35(27-14-16-30(17-15-27)48-25-26(2)3)33(43(36)37(32)44)24-41(4)20-18-29-12-9-10-19-40-29/h7-17,19,23,26H,6,18,20,22,24-25H2,1-5H3. The molecule has 0 fully saturated rings. The Balaban J connectivity index is 1.74. The van der Waals surface area contributed by atoms with Gasteiger partial charge in [0.25, 0.3) is 5.56 Å². The zero-order valence-electron chi connectivity index (χ0n) is 28.1. The van der Waals surface area contributed by atoms with Crippen molar-refractivity contribution in [2.24, 2.45) is 5.92 Å². The molecular formula is C38H41N5O5. The number of likely N-dealkylation sites (N-methyl/N-ethyl adjacent to an activating group) is 1. The lowest BCUT2D eigenvalue weighted by molar-refractivity contribution is 0.0523. The van der Waals surface area contributed by atoms with Crippen LogP contribution in [0.5, 0.6) is 11.5 Å². The fourth-order valence-electron chi connectivity index (χ4n) is 5.71. The number of nitriles is 1. The number of ether oxygens (including phenoxy) is 3. The average molecular weight is 648 g/mol. The number of carbonyl (C=O) groups is 1. The van der Waals surface area contributed by atoms with Crippen LogP contribution in [0.3, 0.4) is 0 Å². The first-order valence-corrected chi connectivity index (χ1v) is 16.1. The summed E-state index contributed by atoms with van der Waals surface area (Å²) in [6.45, 7) is 7.73. The second kappa shape index (κ2) is 15.5. The molecule has 248 valence electrons. The minimum atomic E-state index is -0.729. The third-order valence-corrected chi connectivity index (χ3v) is 8.00. The van der Waals surface area contributed by atoms with Crippen LogP contribution in [-0.4, -0.2) is 58.7 Å². The van der Waals surface area contributed by atoms with Gasteiger partial charge in [0, 0.05) is 48.7 Å². The SMILES string of the molecule is CCOC(=O)c1cn(Cc2ccccc2OC)c2c(C#N)c(-c3ccc(OCC(C)C)cc3)c(CN(C)CCc3ccccn3)n2c1=O. The lowest BCUT2D eigenvalue weighted by atomic mass is 10.0. The van der Waals surface area contributed by atoms with Gasteiger partial charge in [-0.3, -0.25) is 14.2 Å². The monoisotopic (exact) mass is 647 g/mol. The second-order valence-electron chi connectivity index (χ2n) is 12.0. The Morgan fingerprint density at radius 2 is 1.81 bits per heavy atom. The van der Waals surface area contributed by atoms with Gasteiger partial charge >= 0.3 is 5.97 Å². The summed E-state index contributed by atoms with van der Waals surface area (Å²) in [6, 6.07) is 23.3. The van der Waals surface area contributed by atoms with E-state index in [1.165, 1.54) is 10.6 Å². The van der Waals surface area contributed by atoms with Crippen LogP contribution in [0, 0.1) is 17.2 Å². The van der Waals surface area contributed by atoms with Crippen LogP contribution in [0.15, 0.2) is 83.9 Å². The maximum Gasteiger partial charge on any atom is 0.345 e. The number of esters is 1. The zero-order valence-corrected chi connectivity index (χ0v) is 28.1. The van der Waals surface area contributed by atoms with Crippen LogP contribution in [0.25, 0.3) is 16.8 Å². The molecule has 3 heterocycles. The van der Waals surface area contributed by atoms with Gasteiger partial charge in [0.1, 0.15) is 34.3 Å². The Bertz CT molecular complexity index is 1970. The predicted octanol–water partition coefficient (Wildman–Crippen LogP) is 5.98. The van der Waals surface area contributed by atoms with Crippen LogP contribution in [0.4, 0.5) is 0 Å². The Hall–Kier alpha value is -5.40. The third kappa shape index (κ3) is 7.42. The first-order chi connectivity index (χ1) is 23.2. The molecule has 48 heavy (non-hydrogen) atoms. The van der Waals surface area contributed by atoms with E-state index in [1.54, 1.807) is 24.8 Å². The topological polar surface area (TPSA) is 111 Å². The van der Waals surface area contributed by atoms with E-state index in [4.69, 9.17) is 14.2 Å². The Morgan fingerprint density at radius 3 is 2.48 bits per heavy atom. The molecule has 5 aromatic rings. The first kappa shape index (κ1) is 33.9. The molecule has 10 nitrogen and oxygen atoms in total. The molecule has 10 heteroatoms. The summed E-state index contributed by atoms with van der Waals surface area (Å²) in [5, 5.41) is 10.8.